The summed E-state index contributed by atoms with van der Waals surface area (Å²) in [5.74, 6) is -0.0577. The summed E-state index contributed by atoms with van der Waals surface area (Å²) in [6.07, 6.45) is 3.79. The molecule has 7 heteroatoms. The molecule has 3 heterocycles. The van der Waals surface area contributed by atoms with E-state index in [1.165, 1.54) is 23.5 Å². The predicted octanol–water partition coefficient (Wildman–Crippen LogP) is 5.08. The molecule has 1 unspecified atom stereocenters. The first-order chi connectivity index (χ1) is 15.5. The molecule has 32 heavy (non-hydrogen) atoms. The van der Waals surface area contributed by atoms with Crippen molar-refractivity contribution >= 4 is 11.7 Å². The summed E-state index contributed by atoms with van der Waals surface area (Å²) in [5.41, 5.74) is 0.613. The maximum atomic E-state index is 13.2. The van der Waals surface area contributed by atoms with Crippen molar-refractivity contribution in [2.45, 2.75) is 32.9 Å². The molecule has 2 aromatic heterocycles. The molecular weight excluding hydrogens is 410 g/mol. The van der Waals surface area contributed by atoms with E-state index in [1.54, 1.807) is 36.4 Å². The van der Waals surface area contributed by atoms with Gasteiger partial charge in [-0.25, -0.2) is 0 Å². The van der Waals surface area contributed by atoms with Gasteiger partial charge in [-0.3, -0.25) is 9.59 Å². The first-order valence-corrected chi connectivity index (χ1v) is 10.5. The van der Waals surface area contributed by atoms with Crippen LogP contribution in [-0.2, 0) is 11.3 Å². The number of furan rings is 2. The van der Waals surface area contributed by atoms with E-state index in [1.807, 2.05) is 6.07 Å². The molecule has 1 amide bonds. The van der Waals surface area contributed by atoms with Crippen molar-refractivity contribution in [2.75, 3.05) is 6.61 Å². The van der Waals surface area contributed by atoms with Crippen LogP contribution >= 0.6 is 0 Å². The van der Waals surface area contributed by atoms with Gasteiger partial charge in [-0.2, -0.15) is 0 Å². The minimum atomic E-state index is -0.821. The lowest BCUT2D eigenvalue weighted by molar-refractivity contribution is -0.130. The second kappa shape index (κ2) is 9.18. The molecule has 1 aliphatic heterocycles. The smallest absolute Gasteiger partial charge is 0.290 e. The molecule has 3 aromatic rings. The number of Topliss-reactive ketones (excluding diaryl/α,β-unsaturated/α-hetero) is 1. The van der Waals surface area contributed by atoms with Crippen LogP contribution in [0.15, 0.2) is 81.2 Å². The van der Waals surface area contributed by atoms with Gasteiger partial charge in [0.2, 0.25) is 5.78 Å². The zero-order valence-electron chi connectivity index (χ0n) is 18.0. The first kappa shape index (κ1) is 21.5. The highest BCUT2D eigenvalue weighted by atomic mass is 16.5. The van der Waals surface area contributed by atoms with Gasteiger partial charge in [-0.1, -0.05) is 26.0 Å². The van der Waals surface area contributed by atoms with Gasteiger partial charge in [-0.15, -0.1) is 0 Å². The minimum Gasteiger partial charge on any atom is -0.503 e. The summed E-state index contributed by atoms with van der Waals surface area (Å²) in [6, 6.07) is 13.0. The number of aliphatic hydroxyl groups is 1. The van der Waals surface area contributed by atoms with E-state index in [0.717, 1.165) is 6.42 Å². The highest BCUT2D eigenvalue weighted by molar-refractivity contribution is 6.14. The Labute approximate surface area is 185 Å². The summed E-state index contributed by atoms with van der Waals surface area (Å²) in [4.78, 5) is 27.6. The van der Waals surface area contributed by atoms with Crippen molar-refractivity contribution in [2.24, 2.45) is 5.92 Å². The van der Waals surface area contributed by atoms with Gasteiger partial charge in [0.15, 0.2) is 11.5 Å². The van der Waals surface area contributed by atoms with Gasteiger partial charge in [0.25, 0.3) is 5.91 Å². The molecule has 0 bridgehead atoms. The Morgan fingerprint density at radius 3 is 2.59 bits per heavy atom. The van der Waals surface area contributed by atoms with Gasteiger partial charge in [0, 0.05) is 0 Å². The predicted molar refractivity (Wildman–Crippen MR) is 116 cm³/mol. The van der Waals surface area contributed by atoms with E-state index >= 15 is 0 Å². The second-order valence-corrected chi connectivity index (χ2v) is 8.09. The van der Waals surface area contributed by atoms with Gasteiger partial charge in [0.05, 0.1) is 37.3 Å². The largest absolute Gasteiger partial charge is 0.503 e. The quantitative estimate of drug-likeness (QED) is 0.472. The second-order valence-electron chi connectivity index (χ2n) is 8.09. The van der Waals surface area contributed by atoms with Crippen LogP contribution in [-0.4, -0.2) is 28.3 Å². The number of amides is 1. The fraction of sp³-hybridized carbons (Fsp3) is 0.280. The maximum absolute atomic E-state index is 13.2. The number of nitrogens with zero attached hydrogens (tertiary/aromatic N) is 1. The van der Waals surface area contributed by atoms with E-state index in [9.17, 15) is 14.7 Å². The molecule has 0 radical (unpaired) electrons. The molecule has 0 saturated carbocycles. The van der Waals surface area contributed by atoms with Crippen molar-refractivity contribution in [3.8, 4) is 5.75 Å². The van der Waals surface area contributed by atoms with E-state index in [0.29, 0.717) is 29.6 Å². The van der Waals surface area contributed by atoms with Crippen molar-refractivity contribution in [1.82, 2.24) is 4.90 Å². The average Bonchev–Trinajstić information content (AvgIpc) is 3.52. The molecule has 166 valence electrons. The van der Waals surface area contributed by atoms with Crippen LogP contribution in [0, 0.1) is 5.92 Å². The Morgan fingerprint density at radius 2 is 1.91 bits per heavy atom. The zero-order chi connectivity index (χ0) is 22.7. The van der Waals surface area contributed by atoms with E-state index in [-0.39, 0.29) is 17.9 Å². The van der Waals surface area contributed by atoms with Gasteiger partial charge < -0.3 is 23.6 Å². The van der Waals surface area contributed by atoms with Gasteiger partial charge in [0.1, 0.15) is 11.5 Å². The standard InChI is InChI=1S/C25H25NO6/c1-16(2)10-13-31-18-7-3-6-17(14-18)22-21(23(27)20-9-5-12-32-20)24(28)25(29)26(22)15-19-8-4-11-30-19/h3-9,11-12,14,16,22,28H,10,13,15H2,1-2H3. The lowest BCUT2D eigenvalue weighted by atomic mass is 9.95. The van der Waals surface area contributed by atoms with Crippen LogP contribution in [0.4, 0.5) is 0 Å². The molecule has 1 atom stereocenters. The van der Waals surface area contributed by atoms with Crippen LogP contribution in [0.1, 0.15) is 48.2 Å². The first-order valence-electron chi connectivity index (χ1n) is 10.5. The van der Waals surface area contributed by atoms with Crippen LogP contribution < -0.4 is 4.74 Å². The maximum Gasteiger partial charge on any atom is 0.290 e. The van der Waals surface area contributed by atoms with E-state index < -0.39 is 23.5 Å². The summed E-state index contributed by atoms with van der Waals surface area (Å²) in [7, 11) is 0. The molecule has 0 aliphatic carbocycles. The minimum absolute atomic E-state index is 0.0316. The normalized spacial score (nSPS) is 16.3. The molecular formula is C25H25NO6. The topological polar surface area (TPSA) is 93.1 Å². The van der Waals surface area contributed by atoms with Crippen molar-refractivity contribution < 1.29 is 28.3 Å². The third-order valence-corrected chi connectivity index (χ3v) is 5.34. The van der Waals surface area contributed by atoms with Crippen LogP contribution in [0.3, 0.4) is 0 Å². The Morgan fingerprint density at radius 1 is 1.12 bits per heavy atom. The van der Waals surface area contributed by atoms with E-state index in [2.05, 4.69) is 13.8 Å². The number of hydrogen-bond acceptors (Lipinski definition) is 6. The summed E-state index contributed by atoms with van der Waals surface area (Å²) < 4.78 is 16.5. The molecule has 0 saturated heterocycles. The monoisotopic (exact) mass is 435 g/mol. The summed E-state index contributed by atoms with van der Waals surface area (Å²) in [5, 5.41) is 10.7. The van der Waals surface area contributed by atoms with Gasteiger partial charge >= 0.3 is 0 Å². The molecule has 1 aromatic carbocycles. The Kier molecular flexibility index (Phi) is 6.16. The zero-order valence-corrected chi connectivity index (χ0v) is 18.0. The Balaban J connectivity index is 1.71. The number of ether oxygens (including phenoxy) is 1. The number of carbonyl (C=O) groups is 2. The van der Waals surface area contributed by atoms with Crippen molar-refractivity contribution in [1.29, 1.82) is 0 Å². The Hall–Kier alpha value is -3.74. The van der Waals surface area contributed by atoms with Crippen LogP contribution in [0.2, 0.25) is 0 Å². The number of hydrogen-bond donors (Lipinski definition) is 1. The fourth-order valence-electron chi connectivity index (χ4n) is 3.69. The number of rotatable bonds is 9. The third kappa shape index (κ3) is 4.32. The highest BCUT2D eigenvalue weighted by Gasteiger charge is 2.44. The summed E-state index contributed by atoms with van der Waals surface area (Å²) >= 11 is 0. The van der Waals surface area contributed by atoms with Crippen LogP contribution in [0.25, 0.3) is 0 Å². The lowest BCUT2D eigenvalue weighted by Gasteiger charge is -2.26. The van der Waals surface area contributed by atoms with Crippen molar-refractivity contribution in [3.05, 3.63) is 89.5 Å². The highest BCUT2D eigenvalue weighted by Crippen LogP contribution is 2.40. The fourth-order valence-corrected chi connectivity index (χ4v) is 3.69. The lowest BCUT2D eigenvalue weighted by Crippen LogP contribution is -2.30. The molecule has 1 N–H and O–H groups in total. The van der Waals surface area contributed by atoms with E-state index in [4.69, 9.17) is 13.6 Å². The number of aliphatic hydroxyl groups excluding tert-OH is 1. The number of carbonyl (C=O) groups excluding carboxylic acids is 2. The molecule has 0 spiro atoms. The number of benzene rings is 1. The number of ketones is 1. The summed E-state index contributed by atoms with van der Waals surface area (Å²) in [6.45, 7) is 4.89. The van der Waals surface area contributed by atoms with Crippen LogP contribution in [0.5, 0.6) is 5.75 Å². The van der Waals surface area contributed by atoms with Gasteiger partial charge in [-0.05, 0) is 54.3 Å². The van der Waals surface area contributed by atoms with Crippen molar-refractivity contribution in [3.63, 3.8) is 0 Å². The molecule has 7 nitrogen and oxygen atoms in total. The SMILES string of the molecule is CC(C)CCOc1cccc(C2C(C(=O)c3ccco3)=C(O)C(=O)N2Cc2ccco2)c1. The molecule has 0 fully saturated rings. The molecule has 1 aliphatic rings. The third-order valence-electron chi connectivity index (χ3n) is 5.34. The molecule has 4 rings (SSSR count). The average molecular weight is 435 g/mol. The Bertz CT molecular complexity index is 1110.